The Morgan fingerprint density at radius 1 is 1.03 bits per heavy atom. The number of nitrogens with zero attached hydrogens (tertiary/aromatic N) is 1. The molecule has 3 aromatic rings. The van der Waals surface area contributed by atoms with Gasteiger partial charge in [0.05, 0.1) is 30.6 Å². The van der Waals surface area contributed by atoms with Crippen molar-refractivity contribution in [2.75, 3.05) is 19.8 Å². The van der Waals surface area contributed by atoms with Crippen LogP contribution in [0.25, 0.3) is 22.0 Å². The van der Waals surface area contributed by atoms with Crippen LogP contribution in [0.5, 0.6) is 0 Å². The maximum Gasteiger partial charge on any atom is 0.363 e. The summed E-state index contributed by atoms with van der Waals surface area (Å²) in [5.74, 6) is 0. The summed E-state index contributed by atoms with van der Waals surface area (Å²) in [6.07, 6.45) is 3.68. The molecule has 34 heavy (non-hydrogen) atoms. The van der Waals surface area contributed by atoms with Crippen LogP contribution in [-0.4, -0.2) is 37.4 Å². The summed E-state index contributed by atoms with van der Waals surface area (Å²) in [5, 5.41) is 1.11. The Hall–Kier alpha value is -2.41. The Morgan fingerprint density at radius 2 is 1.79 bits per heavy atom. The number of aldehydes is 1. The quantitative estimate of drug-likeness (QED) is 0.272. The van der Waals surface area contributed by atoms with Crippen molar-refractivity contribution in [1.29, 1.82) is 0 Å². The Labute approximate surface area is 199 Å². The van der Waals surface area contributed by atoms with Gasteiger partial charge in [0.25, 0.3) is 0 Å². The monoisotopic (exact) mass is 483 g/mol. The van der Waals surface area contributed by atoms with E-state index in [1.165, 1.54) is 0 Å². The zero-order valence-electron chi connectivity index (χ0n) is 19.6. The van der Waals surface area contributed by atoms with Gasteiger partial charge in [-0.15, -0.1) is 0 Å². The summed E-state index contributed by atoms with van der Waals surface area (Å²) >= 11 is 0. The third kappa shape index (κ3) is 5.62. The molecule has 7 nitrogen and oxygen atoms in total. The van der Waals surface area contributed by atoms with Gasteiger partial charge in [0.15, 0.2) is 12.6 Å². The van der Waals surface area contributed by atoms with Gasteiger partial charge in [0.1, 0.15) is 5.69 Å². The number of pyridine rings is 1. The topological polar surface area (TPSA) is 84.0 Å². The van der Waals surface area contributed by atoms with Gasteiger partial charge >= 0.3 is 7.60 Å². The summed E-state index contributed by atoms with van der Waals surface area (Å²) in [5.41, 5.74) is 3.54. The normalized spacial score (nSPS) is 16.6. The molecule has 1 unspecified atom stereocenters. The molecule has 4 rings (SSSR count). The van der Waals surface area contributed by atoms with Crippen LogP contribution in [0.15, 0.2) is 48.5 Å². The highest BCUT2D eigenvalue weighted by Gasteiger charge is 2.30. The van der Waals surface area contributed by atoms with Crippen molar-refractivity contribution in [3.8, 4) is 11.1 Å². The maximum absolute atomic E-state index is 13.7. The third-order valence-corrected chi connectivity index (χ3v) is 7.80. The summed E-state index contributed by atoms with van der Waals surface area (Å²) in [7, 11) is -3.64. The molecule has 0 N–H and O–H groups in total. The number of hydrogen-bond donors (Lipinski definition) is 0. The average Bonchev–Trinajstić information content (AvgIpc) is 2.87. The van der Waals surface area contributed by atoms with E-state index in [4.69, 9.17) is 18.5 Å². The molecular formula is C26H30NO6P. The highest BCUT2D eigenvalue weighted by Crippen LogP contribution is 2.49. The van der Waals surface area contributed by atoms with Crippen LogP contribution in [0.1, 0.15) is 49.2 Å². The van der Waals surface area contributed by atoms with Crippen LogP contribution in [0.4, 0.5) is 0 Å². The number of rotatable bonds is 10. The second-order valence-electron chi connectivity index (χ2n) is 8.06. The predicted octanol–water partition coefficient (Wildman–Crippen LogP) is 5.65. The van der Waals surface area contributed by atoms with Crippen LogP contribution in [0.3, 0.4) is 0 Å². The van der Waals surface area contributed by atoms with Gasteiger partial charge in [-0.2, -0.15) is 0 Å². The lowest BCUT2D eigenvalue weighted by atomic mass is 10.0. The van der Waals surface area contributed by atoms with Gasteiger partial charge in [-0.25, -0.2) is 4.98 Å². The first-order valence-electron chi connectivity index (χ1n) is 11.7. The van der Waals surface area contributed by atoms with Gasteiger partial charge in [-0.1, -0.05) is 30.3 Å². The van der Waals surface area contributed by atoms with Gasteiger partial charge in [0.2, 0.25) is 0 Å². The van der Waals surface area contributed by atoms with Gasteiger partial charge in [0, 0.05) is 12.0 Å². The third-order valence-electron chi connectivity index (χ3n) is 5.67. The first-order chi connectivity index (χ1) is 16.6. The fraction of sp³-hybridized carbons (Fsp3) is 0.385. The first-order valence-corrected chi connectivity index (χ1v) is 13.2. The van der Waals surface area contributed by atoms with E-state index in [-0.39, 0.29) is 25.2 Å². The highest BCUT2D eigenvalue weighted by atomic mass is 31.2. The number of aromatic nitrogens is 1. The molecule has 1 aliphatic heterocycles. The van der Waals surface area contributed by atoms with Crippen LogP contribution in [-0.2, 0) is 29.7 Å². The molecule has 180 valence electrons. The second-order valence-corrected chi connectivity index (χ2v) is 10.1. The molecule has 0 radical (unpaired) electrons. The second kappa shape index (κ2) is 11.3. The number of fused-ring (bicyclic) bond motifs is 1. The molecule has 0 bridgehead atoms. The van der Waals surface area contributed by atoms with Gasteiger partial charge in [-0.05, 0) is 68.0 Å². The minimum atomic E-state index is -3.64. The number of carbonyl (C=O) groups is 1. The Morgan fingerprint density at radius 3 is 2.44 bits per heavy atom. The lowest BCUT2D eigenvalue weighted by Gasteiger charge is -2.22. The average molecular weight is 484 g/mol. The van der Waals surface area contributed by atoms with E-state index in [9.17, 15) is 9.36 Å². The Kier molecular flexibility index (Phi) is 8.24. The molecule has 1 fully saturated rings. The van der Waals surface area contributed by atoms with E-state index in [1.54, 1.807) is 32.0 Å². The minimum absolute atomic E-state index is 0.133. The number of benzene rings is 2. The van der Waals surface area contributed by atoms with Crippen LogP contribution in [0, 0.1) is 0 Å². The molecule has 0 aliphatic carbocycles. The Bertz CT molecular complexity index is 1160. The van der Waals surface area contributed by atoms with Crippen LogP contribution < -0.4 is 5.30 Å². The molecule has 2 heterocycles. The van der Waals surface area contributed by atoms with E-state index in [0.29, 0.717) is 23.7 Å². The summed E-state index contributed by atoms with van der Waals surface area (Å²) < 4.78 is 36.4. The summed E-state index contributed by atoms with van der Waals surface area (Å²) in [4.78, 5) is 15.7. The smallest absolute Gasteiger partial charge is 0.353 e. The van der Waals surface area contributed by atoms with Crippen molar-refractivity contribution in [3.05, 3.63) is 59.8 Å². The van der Waals surface area contributed by atoms with Crippen molar-refractivity contribution in [1.82, 2.24) is 4.98 Å². The molecular weight excluding hydrogens is 453 g/mol. The van der Waals surface area contributed by atoms with E-state index in [0.717, 1.165) is 47.9 Å². The lowest BCUT2D eigenvalue weighted by Crippen LogP contribution is -2.21. The first kappa shape index (κ1) is 24.7. The van der Waals surface area contributed by atoms with Crippen molar-refractivity contribution in [2.45, 2.75) is 46.0 Å². The zero-order valence-corrected chi connectivity index (χ0v) is 20.5. The molecule has 8 heteroatoms. The standard InChI is InChI=1S/C26H30NO6P/c1-3-32-34(29,33-4-2)24-16-22(15-21-12-13-23(17-28)27-26(21)24)20-10-8-19(9-11-20)18-31-25-7-5-6-14-30-25/h8-13,15-17,25H,3-7,14,18H2,1-2H3. The van der Waals surface area contributed by atoms with Crippen molar-refractivity contribution >= 4 is 30.1 Å². The van der Waals surface area contributed by atoms with E-state index < -0.39 is 7.60 Å². The lowest BCUT2D eigenvalue weighted by molar-refractivity contribution is -0.168. The summed E-state index contributed by atoms with van der Waals surface area (Å²) in [6, 6.07) is 15.2. The molecule has 0 spiro atoms. The van der Waals surface area contributed by atoms with Gasteiger partial charge in [-0.3, -0.25) is 9.36 Å². The highest BCUT2D eigenvalue weighted by molar-refractivity contribution is 7.62. The molecule has 1 saturated heterocycles. The molecule has 0 amide bonds. The van der Waals surface area contributed by atoms with Crippen molar-refractivity contribution < 1.29 is 27.9 Å². The van der Waals surface area contributed by atoms with E-state index >= 15 is 0 Å². The number of carbonyl (C=O) groups excluding carboxylic acids is 1. The van der Waals surface area contributed by atoms with Gasteiger partial charge < -0.3 is 18.5 Å². The fourth-order valence-corrected chi connectivity index (χ4v) is 5.78. The molecule has 0 saturated carbocycles. The fourth-order valence-electron chi connectivity index (χ4n) is 4.01. The number of hydrogen-bond acceptors (Lipinski definition) is 7. The molecule has 2 aromatic carbocycles. The van der Waals surface area contributed by atoms with Crippen LogP contribution >= 0.6 is 7.60 Å². The predicted molar refractivity (Wildman–Crippen MR) is 131 cm³/mol. The molecule has 1 aromatic heterocycles. The minimum Gasteiger partial charge on any atom is -0.353 e. The van der Waals surface area contributed by atoms with E-state index in [1.807, 2.05) is 30.3 Å². The maximum atomic E-state index is 13.7. The van der Waals surface area contributed by atoms with Crippen molar-refractivity contribution in [3.63, 3.8) is 0 Å². The largest absolute Gasteiger partial charge is 0.363 e. The molecule has 1 aliphatic rings. The van der Waals surface area contributed by atoms with Crippen molar-refractivity contribution in [2.24, 2.45) is 0 Å². The summed E-state index contributed by atoms with van der Waals surface area (Å²) in [6.45, 7) is 5.20. The molecule has 1 atom stereocenters. The SMILES string of the molecule is CCOP(=O)(OCC)c1cc(-c2ccc(COC3CCCCO3)cc2)cc2ccc(C=O)nc12. The number of ether oxygens (including phenoxy) is 2. The van der Waals surface area contributed by atoms with E-state index in [2.05, 4.69) is 4.98 Å². The van der Waals surface area contributed by atoms with Crippen LogP contribution in [0.2, 0.25) is 0 Å². The Balaban J connectivity index is 1.68. The zero-order chi connectivity index (χ0) is 24.0.